The lowest BCUT2D eigenvalue weighted by Crippen LogP contribution is -2.27. The Kier molecular flexibility index (Phi) is 4.58. The van der Waals surface area contributed by atoms with Crippen molar-refractivity contribution in [1.82, 2.24) is 14.7 Å². The second-order valence-corrected chi connectivity index (χ2v) is 4.70. The molecule has 15 heavy (non-hydrogen) atoms. The lowest BCUT2D eigenvalue weighted by molar-refractivity contribution is 0.316. The van der Waals surface area contributed by atoms with Crippen molar-refractivity contribution in [2.75, 3.05) is 13.1 Å². The minimum atomic E-state index is 0. The minimum Gasteiger partial charge on any atom is -0.326 e. The fourth-order valence-corrected chi connectivity index (χ4v) is 2.31. The quantitative estimate of drug-likeness (QED) is 0.890. The van der Waals surface area contributed by atoms with Crippen LogP contribution in [0.25, 0.3) is 0 Å². The van der Waals surface area contributed by atoms with E-state index in [1.54, 1.807) is 0 Å². The molecule has 4 nitrogen and oxygen atoms in total. The largest absolute Gasteiger partial charge is 0.326 e. The van der Waals surface area contributed by atoms with E-state index >= 15 is 0 Å². The van der Waals surface area contributed by atoms with Crippen LogP contribution in [0.5, 0.6) is 0 Å². The number of likely N-dealkylation sites (tertiary alicyclic amines) is 1. The third kappa shape index (κ3) is 2.93. The van der Waals surface area contributed by atoms with E-state index in [2.05, 4.69) is 25.9 Å². The number of hydrogen-bond donors (Lipinski definition) is 1. The number of rotatable bonds is 2. The predicted octanol–water partition coefficient (Wildman–Crippen LogP) is 1.14. The predicted molar refractivity (Wildman–Crippen MR) is 66.0 cm³/mol. The Hall–Kier alpha value is -0.100. The number of aryl methyl sites for hydroxylation is 1. The van der Waals surface area contributed by atoms with Crippen molar-refractivity contribution in [3.8, 4) is 0 Å². The molecule has 0 aliphatic carbocycles. The summed E-state index contributed by atoms with van der Waals surface area (Å²) in [6.45, 7) is 3.03. The van der Waals surface area contributed by atoms with Crippen LogP contribution < -0.4 is 5.73 Å². The van der Waals surface area contributed by atoms with Crippen LogP contribution in [0, 0.1) is 0 Å². The van der Waals surface area contributed by atoms with Crippen LogP contribution in [-0.4, -0.2) is 33.8 Å². The van der Waals surface area contributed by atoms with Crippen LogP contribution in [0.2, 0.25) is 0 Å². The molecule has 0 unspecified atom stereocenters. The summed E-state index contributed by atoms with van der Waals surface area (Å²) in [6, 6.07) is 0.349. The van der Waals surface area contributed by atoms with Gasteiger partial charge < -0.3 is 5.73 Å². The average Bonchev–Trinajstić information content (AvgIpc) is 2.67. The second kappa shape index (κ2) is 5.30. The number of halogens is 2. The van der Waals surface area contributed by atoms with Gasteiger partial charge in [0.2, 0.25) is 0 Å². The Bertz CT molecular complexity index is 308. The van der Waals surface area contributed by atoms with Crippen molar-refractivity contribution < 1.29 is 0 Å². The first-order valence-corrected chi connectivity index (χ1v) is 5.60. The normalized spacial score (nSPS) is 21.7. The number of nitrogens with zero attached hydrogens (tertiary/aromatic N) is 3. The minimum absolute atomic E-state index is 0. The number of hydrogen-bond acceptors (Lipinski definition) is 3. The van der Waals surface area contributed by atoms with Crippen LogP contribution in [-0.2, 0) is 13.6 Å². The molecule has 6 heteroatoms. The molecule has 2 heterocycles. The van der Waals surface area contributed by atoms with Gasteiger partial charge in [0.05, 0.1) is 16.4 Å². The lowest BCUT2D eigenvalue weighted by Gasteiger charge is -2.15. The van der Waals surface area contributed by atoms with Gasteiger partial charge in [0.1, 0.15) is 0 Å². The van der Waals surface area contributed by atoms with Crippen LogP contribution in [0.3, 0.4) is 0 Å². The summed E-state index contributed by atoms with van der Waals surface area (Å²) in [5.74, 6) is 0. The highest BCUT2D eigenvalue weighted by Gasteiger charge is 2.20. The zero-order valence-corrected chi connectivity index (χ0v) is 11.1. The smallest absolute Gasteiger partial charge is 0.0663 e. The first kappa shape index (κ1) is 13.0. The maximum atomic E-state index is 5.85. The topological polar surface area (TPSA) is 47.1 Å². The second-order valence-electron chi connectivity index (χ2n) is 3.85. The van der Waals surface area contributed by atoms with Gasteiger partial charge in [-0.1, -0.05) is 0 Å². The summed E-state index contributed by atoms with van der Waals surface area (Å²) >= 11 is 3.50. The zero-order valence-electron chi connectivity index (χ0n) is 8.69. The Morgan fingerprint density at radius 1 is 1.67 bits per heavy atom. The van der Waals surface area contributed by atoms with E-state index in [0.29, 0.717) is 6.04 Å². The number of nitrogens with two attached hydrogens (primary N) is 1. The van der Waals surface area contributed by atoms with Crippen molar-refractivity contribution in [2.45, 2.75) is 19.0 Å². The van der Waals surface area contributed by atoms with E-state index in [1.165, 1.54) is 5.69 Å². The van der Waals surface area contributed by atoms with Crippen molar-refractivity contribution in [3.05, 3.63) is 16.4 Å². The van der Waals surface area contributed by atoms with Crippen molar-refractivity contribution in [2.24, 2.45) is 12.8 Å². The number of aromatic nitrogens is 2. The maximum absolute atomic E-state index is 5.85. The van der Waals surface area contributed by atoms with Crippen LogP contribution >= 0.6 is 28.3 Å². The van der Waals surface area contributed by atoms with E-state index in [0.717, 1.165) is 30.5 Å². The molecule has 1 aliphatic rings. The fraction of sp³-hybridized carbons (Fsp3) is 0.667. The van der Waals surface area contributed by atoms with Gasteiger partial charge in [-0.15, -0.1) is 12.4 Å². The van der Waals surface area contributed by atoms with Gasteiger partial charge in [-0.05, 0) is 22.4 Å². The molecule has 0 saturated carbocycles. The van der Waals surface area contributed by atoms with Crippen LogP contribution in [0.1, 0.15) is 12.1 Å². The monoisotopic (exact) mass is 294 g/mol. The molecule has 1 saturated heterocycles. The first-order valence-electron chi connectivity index (χ1n) is 4.81. The molecule has 1 aromatic heterocycles. The van der Waals surface area contributed by atoms with E-state index in [4.69, 9.17) is 5.73 Å². The molecule has 1 aromatic rings. The molecule has 0 aromatic carbocycles. The fourth-order valence-electron chi connectivity index (χ4n) is 1.83. The highest BCUT2D eigenvalue weighted by Crippen LogP contribution is 2.19. The first-order chi connectivity index (χ1) is 6.66. The highest BCUT2D eigenvalue weighted by atomic mass is 79.9. The van der Waals surface area contributed by atoms with Gasteiger partial charge in [-0.25, -0.2) is 0 Å². The summed E-state index contributed by atoms with van der Waals surface area (Å²) in [7, 11) is 1.97. The summed E-state index contributed by atoms with van der Waals surface area (Å²) in [5.41, 5.74) is 7.08. The van der Waals surface area contributed by atoms with Gasteiger partial charge in [0, 0.05) is 32.7 Å². The van der Waals surface area contributed by atoms with Gasteiger partial charge in [-0.3, -0.25) is 9.58 Å². The molecule has 2 rings (SSSR count). The molecule has 0 bridgehead atoms. The van der Waals surface area contributed by atoms with Crippen LogP contribution in [0.4, 0.5) is 0 Å². The lowest BCUT2D eigenvalue weighted by atomic mass is 10.3. The summed E-state index contributed by atoms with van der Waals surface area (Å²) in [4.78, 5) is 2.37. The Morgan fingerprint density at radius 2 is 2.40 bits per heavy atom. The molecule has 86 valence electrons. The molecule has 1 aliphatic heterocycles. The molecule has 1 atom stereocenters. The molecule has 2 N–H and O–H groups in total. The van der Waals surface area contributed by atoms with Gasteiger partial charge in [0.25, 0.3) is 0 Å². The molecule has 0 radical (unpaired) electrons. The van der Waals surface area contributed by atoms with Crippen molar-refractivity contribution in [1.29, 1.82) is 0 Å². The van der Waals surface area contributed by atoms with E-state index in [9.17, 15) is 0 Å². The van der Waals surface area contributed by atoms with E-state index < -0.39 is 0 Å². The van der Waals surface area contributed by atoms with E-state index in [-0.39, 0.29) is 12.4 Å². The molecule has 0 spiro atoms. The molecular weight excluding hydrogens is 279 g/mol. The molecular formula is C9H16BrClN4. The third-order valence-electron chi connectivity index (χ3n) is 2.69. The SMILES string of the molecule is Cl.Cn1ncc(Br)c1CN1CC[C@@H](N)C1. The standard InChI is InChI=1S/C9H15BrN4.ClH/c1-13-9(8(10)4-12-13)6-14-3-2-7(11)5-14;/h4,7H,2-3,5-6,11H2,1H3;1H/t7-;/m1./s1. The van der Waals surface area contributed by atoms with E-state index in [1.807, 2.05) is 17.9 Å². The third-order valence-corrected chi connectivity index (χ3v) is 3.36. The highest BCUT2D eigenvalue weighted by molar-refractivity contribution is 9.10. The summed E-state index contributed by atoms with van der Waals surface area (Å²) in [5, 5.41) is 4.19. The van der Waals surface area contributed by atoms with Gasteiger partial charge in [-0.2, -0.15) is 5.10 Å². The zero-order chi connectivity index (χ0) is 10.1. The Balaban J connectivity index is 0.00000112. The summed E-state index contributed by atoms with van der Waals surface area (Å²) in [6.07, 6.45) is 2.95. The van der Waals surface area contributed by atoms with Crippen molar-refractivity contribution in [3.63, 3.8) is 0 Å². The van der Waals surface area contributed by atoms with Crippen molar-refractivity contribution >= 4 is 28.3 Å². The average molecular weight is 296 g/mol. The molecule has 1 fully saturated rings. The maximum Gasteiger partial charge on any atom is 0.0663 e. The Morgan fingerprint density at radius 3 is 2.87 bits per heavy atom. The Labute approximate surface area is 104 Å². The molecule has 0 amide bonds. The van der Waals surface area contributed by atoms with Crippen LogP contribution in [0.15, 0.2) is 10.7 Å². The van der Waals surface area contributed by atoms with Gasteiger partial charge >= 0.3 is 0 Å². The summed E-state index contributed by atoms with van der Waals surface area (Å²) < 4.78 is 2.99. The van der Waals surface area contributed by atoms with Gasteiger partial charge in [0.15, 0.2) is 0 Å².